The van der Waals surface area contributed by atoms with Crippen LogP contribution < -0.4 is 5.32 Å². The summed E-state index contributed by atoms with van der Waals surface area (Å²) in [5.41, 5.74) is -0.0728. The Morgan fingerprint density at radius 2 is 1.72 bits per heavy atom. The SMILES string of the molecule is CCCNC(C1CC(C)CC(C)C1)C(C)(C)OC. The number of ether oxygens (including phenoxy) is 1. The first-order chi connectivity index (χ1) is 8.40. The van der Waals surface area contributed by atoms with Gasteiger partial charge in [-0.15, -0.1) is 0 Å². The molecular formula is C16H33NO. The predicted molar refractivity (Wildman–Crippen MR) is 78.8 cm³/mol. The van der Waals surface area contributed by atoms with Crippen molar-refractivity contribution in [2.45, 2.75) is 71.9 Å². The molecule has 2 heteroatoms. The third kappa shape index (κ3) is 4.24. The summed E-state index contributed by atoms with van der Waals surface area (Å²) in [4.78, 5) is 0. The van der Waals surface area contributed by atoms with Crippen LogP contribution in [-0.2, 0) is 4.74 Å². The summed E-state index contributed by atoms with van der Waals surface area (Å²) in [6.07, 6.45) is 5.27. The molecule has 0 aromatic heterocycles. The summed E-state index contributed by atoms with van der Waals surface area (Å²) in [5.74, 6) is 2.47. The van der Waals surface area contributed by atoms with Crippen molar-refractivity contribution in [2.75, 3.05) is 13.7 Å². The topological polar surface area (TPSA) is 21.3 Å². The molecule has 108 valence electrons. The molecule has 0 aliphatic heterocycles. The predicted octanol–water partition coefficient (Wildman–Crippen LogP) is 3.85. The minimum atomic E-state index is -0.0728. The second kappa shape index (κ2) is 6.91. The van der Waals surface area contributed by atoms with E-state index in [9.17, 15) is 0 Å². The van der Waals surface area contributed by atoms with Crippen molar-refractivity contribution in [1.82, 2.24) is 5.32 Å². The standard InChI is InChI=1S/C16H33NO/c1-7-8-17-15(16(4,5)18-6)14-10-12(2)9-13(3)11-14/h12-15,17H,7-11H2,1-6H3. The Labute approximate surface area is 114 Å². The minimum Gasteiger partial charge on any atom is -0.377 e. The Hall–Kier alpha value is -0.0800. The van der Waals surface area contributed by atoms with E-state index in [2.05, 4.69) is 39.9 Å². The van der Waals surface area contributed by atoms with Crippen molar-refractivity contribution >= 4 is 0 Å². The molecule has 0 aromatic rings. The minimum absolute atomic E-state index is 0.0728. The summed E-state index contributed by atoms with van der Waals surface area (Å²) < 4.78 is 5.76. The van der Waals surface area contributed by atoms with Gasteiger partial charge in [-0.1, -0.05) is 20.8 Å². The van der Waals surface area contributed by atoms with Crippen LogP contribution >= 0.6 is 0 Å². The third-order valence-corrected chi connectivity index (χ3v) is 4.58. The van der Waals surface area contributed by atoms with Crippen LogP contribution in [0.5, 0.6) is 0 Å². The maximum Gasteiger partial charge on any atom is 0.0777 e. The monoisotopic (exact) mass is 255 g/mol. The van der Waals surface area contributed by atoms with Crippen molar-refractivity contribution in [2.24, 2.45) is 17.8 Å². The summed E-state index contributed by atoms with van der Waals surface area (Å²) in [7, 11) is 1.84. The Kier molecular flexibility index (Phi) is 6.13. The van der Waals surface area contributed by atoms with Gasteiger partial charge in [-0.3, -0.25) is 0 Å². The molecule has 0 aromatic carbocycles. The molecule has 1 fully saturated rings. The molecule has 1 aliphatic rings. The average molecular weight is 255 g/mol. The normalized spacial score (nSPS) is 31.3. The number of hydrogen-bond acceptors (Lipinski definition) is 2. The number of hydrogen-bond donors (Lipinski definition) is 1. The number of rotatable bonds is 6. The van der Waals surface area contributed by atoms with Gasteiger partial charge in [0.1, 0.15) is 0 Å². The summed E-state index contributed by atoms with van der Waals surface area (Å²) in [5, 5.41) is 3.75. The molecule has 0 spiro atoms. The Balaban J connectivity index is 2.74. The molecule has 1 rings (SSSR count). The molecule has 2 nitrogen and oxygen atoms in total. The van der Waals surface area contributed by atoms with E-state index in [1.165, 1.54) is 25.7 Å². The molecule has 1 N–H and O–H groups in total. The molecule has 1 aliphatic carbocycles. The van der Waals surface area contributed by atoms with Crippen LogP contribution in [0.15, 0.2) is 0 Å². The van der Waals surface area contributed by atoms with Crippen LogP contribution in [0.4, 0.5) is 0 Å². The zero-order valence-electron chi connectivity index (χ0n) is 13.3. The van der Waals surface area contributed by atoms with Gasteiger partial charge in [0.2, 0.25) is 0 Å². The van der Waals surface area contributed by atoms with Gasteiger partial charge in [0.25, 0.3) is 0 Å². The highest BCUT2D eigenvalue weighted by Crippen LogP contribution is 2.38. The van der Waals surface area contributed by atoms with Gasteiger partial charge in [-0.25, -0.2) is 0 Å². The molecular weight excluding hydrogens is 222 g/mol. The van der Waals surface area contributed by atoms with E-state index in [1.54, 1.807) is 0 Å². The molecule has 0 saturated heterocycles. The van der Waals surface area contributed by atoms with E-state index in [-0.39, 0.29) is 5.60 Å². The van der Waals surface area contributed by atoms with Crippen LogP contribution in [0.1, 0.15) is 60.3 Å². The first-order valence-electron chi connectivity index (χ1n) is 7.69. The zero-order chi connectivity index (χ0) is 13.8. The maximum absolute atomic E-state index is 5.76. The Morgan fingerprint density at radius 3 is 2.17 bits per heavy atom. The van der Waals surface area contributed by atoms with Crippen molar-refractivity contribution in [3.63, 3.8) is 0 Å². The molecule has 1 saturated carbocycles. The van der Waals surface area contributed by atoms with Crippen LogP contribution in [0, 0.1) is 17.8 Å². The summed E-state index contributed by atoms with van der Waals surface area (Å²) in [6.45, 7) is 12.6. The second-order valence-corrected chi connectivity index (χ2v) is 6.92. The van der Waals surface area contributed by atoms with Crippen molar-refractivity contribution in [1.29, 1.82) is 0 Å². The Bertz CT molecular complexity index is 229. The fraction of sp³-hybridized carbons (Fsp3) is 1.00. The van der Waals surface area contributed by atoms with E-state index in [0.717, 1.165) is 24.3 Å². The highest BCUT2D eigenvalue weighted by atomic mass is 16.5. The molecule has 0 heterocycles. The highest BCUT2D eigenvalue weighted by Gasteiger charge is 2.38. The first-order valence-corrected chi connectivity index (χ1v) is 7.69. The van der Waals surface area contributed by atoms with Gasteiger partial charge in [-0.2, -0.15) is 0 Å². The van der Waals surface area contributed by atoms with Gasteiger partial charge < -0.3 is 10.1 Å². The lowest BCUT2D eigenvalue weighted by molar-refractivity contribution is -0.0391. The van der Waals surface area contributed by atoms with E-state index >= 15 is 0 Å². The first kappa shape index (κ1) is 16.0. The largest absolute Gasteiger partial charge is 0.377 e. The Morgan fingerprint density at radius 1 is 1.17 bits per heavy atom. The quantitative estimate of drug-likeness (QED) is 0.778. The summed E-state index contributed by atoms with van der Waals surface area (Å²) >= 11 is 0. The smallest absolute Gasteiger partial charge is 0.0777 e. The van der Waals surface area contributed by atoms with E-state index < -0.39 is 0 Å². The molecule has 3 unspecified atom stereocenters. The highest BCUT2D eigenvalue weighted by molar-refractivity contribution is 4.93. The lowest BCUT2D eigenvalue weighted by Gasteiger charge is -2.43. The van der Waals surface area contributed by atoms with Crippen LogP contribution in [0.3, 0.4) is 0 Å². The lowest BCUT2D eigenvalue weighted by Crippen LogP contribution is -2.54. The van der Waals surface area contributed by atoms with E-state index in [1.807, 2.05) is 7.11 Å². The van der Waals surface area contributed by atoms with Gasteiger partial charge in [0.15, 0.2) is 0 Å². The number of nitrogens with one attached hydrogen (secondary N) is 1. The molecule has 3 atom stereocenters. The maximum atomic E-state index is 5.76. The van der Waals surface area contributed by atoms with Crippen LogP contribution in [-0.4, -0.2) is 25.3 Å². The summed E-state index contributed by atoms with van der Waals surface area (Å²) in [6, 6.07) is 0.479. The molecule has 18 heavy (non-hydrogen) atoms. The van der Waals surface area contributed by atoms with Crippen molar-refractivity contribution in [3.8, 4) is 0 Å². The van der Waals surface area contributed by atoms with Gasteiger partial charge in [-0.05, 0) is 63.8 Å². The van der Waals surface area contributed by atoms with Gasteiger partial charge in [0.05, 0.1) is 5.60 Å². The molecule has 0 amide bonds. The van der Waals surface area contributed by atoms with Gasteiger partial charge in [0, 0.05) is 13.2 Å². The van der Waals surface area contributed by atoms with Crippen molar-refractivity contribution < 1.29 is 4.74 Å². The third-order valence-electron chi connectivity index (χ3n) is 4.58. The van der Waals surface area contributed by atoms with Crippen LogP contribution in [0.25, 0.3) is 0 Å². The lowest BCUT2D eigenvalue weighted by atomic mass is 9.70. The van der Waals surface area contributed by atoms with Gasteiger partial charge >= 0.3 is 0 Å². The zero-order valence-corrected chi connectivity index (χ0v) is 13.3. The fourth-order valence-electron chi connectivity index (χ4n) is 3.69. The second-order valence-electron chi connectivity index (χ2n) is 6.92. The van der Waals surface area contributed by atoms with E-state index in [4.69, 9.17) is 4.74 Å². The van der Waals surface area contributed by atoms with E-state index in [0.29, 0.717) is 6.04 Å². The van der Waals surface area contributed by atoms with Crippen LogP contribution in [0.2, 0.25) is 0 Å². The number of methoxy groups -OCH3 is 1. The fourth-order valence-corrected chi connectivity index (χ4v) is 3.69. The van der Waals surface area contributed by atoms with Crippen molar-refractivity contribution in [3.05, 3.63) is 0 Å². The molecule has 0 bridgehead atoms. The average Bonchev–Trinajstić information content (AvgIpc) is 2.28. The molecule has 0 radical (unpaired) electrons.